The van der Waals surface area contributed by atoms with Crippen LogP contribution in [0.4, 0.5) is 5.69 Å². The molecular formula is C26H17N7O. The van der Waals surface area contributed by atoms with Crippen molar-refractivity contribution in [1.29, 1.82) is 0 Å². The fourth-order valence-electron chi connectivity index (χ4n) is 4.18. The first-order valence-electron chi connectivity index (χ1n) is 10.6. The molecule has 0 saturated carbocycles. The van der Waals surface area contributed by atoms with Crippen molar-refractivity contribution in [2.75, 3.05) is 0 Å². The van der Waals surface area contributed by atoms with E-state index in [1.165, 1.54) is 17.1 Å². The summed E-state index contributed by atoms with van der Waals surface area (Å²) in [6, 6.07) is 19.5. The van der Waals surface area contributed by atoms with Crippen LogP contribution in [0, 0.1) is 6.57 Å². The molecule has 0 unspecified atom stereocenters. The van der Waals surface area contributed by atoms with Crippen LogP contribution < -0.4 is 5.56 Å². The second-order valence-corrected chi connectivity index (χ2v) is 7.85. The lowest BCUT2D eigenvalue weighted by Crippen LogP contribution is -2.15. The largest absolute Gasteiger partial charge is 0.342 e. The second kappa shape index (κ2) is 7.83. The summed E-state index contributed by atoms with van der Waals surface area (Å²) in [4.78, 5) is 21.0. The van der Waals surface area contributed by atoms with E-state index in [0.29, 0.717) is 29.2 Å². The average Bonchev–Trinajstić information content (AvgIpc) is 3.54. The fourth-order valence-corrected chi connectivity index (χ4v) is 4.18. The van der Waals surface area contributed by atoms with Crippen molar-refractivity contribution in [3.05, 3.63) is 119 Å². The van der Waals surface area contributed by atoms with Crippen LogP contribution in [0.5, 0.6) is 0 Å². The van der Waals surface area contributed by atoms with Gasteiger partial charge in [0.05, 0.1) is 29.0 Å². The molecule has 0 amide bonds. The van der Waals surface area contributed by atoms with E-state index in [2.05, 4.69) is 36.7 Å². The molecular weight excluding hydrogens is 426 g/mol. The first-order valence-corrected chi connectivity index (χ1v) is 10.6. The van der Waals surface area contributed by atoms with Crippen molar-refractivity contribution < 1.29 is 0 Å². The molecule has 8 heteroatoms. The van der Waals surface area contributed by atoms with Crippen molar-refractivity contribution in [3.63, 3.8) is 0 Å². The molecule has 0 bridgehead atoms. The Labute approximate surface area is 194 Å². The van der Waals surface area contributed by atoms with E-state index in [1.54, 1.807) is 12.3 Å². The Bertz CT molecular complexity index is 1700. The summed E-state index contributed by atoms with van der Waals surface area (Å²) in [5.41, 5.74) is 4.56. The Hall–Kier alpha value is -5.03. The van der Waals surface area contributed by atoms with E-state index in [-0.39, 0.29) is 5.56 Å². The number of para-hydroxylation sites is 1. The summed E-state index contributed by atoms with van der Waals surface area (Å²) in [5.74, 6) is 0. The lowest BCUT2D eigenvalue weighted by atomic mass is 10.1. The highest BCUT2D eigenvalue weighted by molar-refractivity contribution is 5.93. The third-order valence-electron chi connectivity index (χ3n) is 5.82. The van der Waals surface area contributed by atoms with Crippen molar-refractivity contribution in [1.82, 2.24) is 29.1 Å². The van der Waals surface area contributed by atoms with Gasteiger partial charge in [-0.2, -0.15) is 10.2 Å². The topological polar surface area (TPSA) is 74.9 Å². The van der Waals surface area contributed by atoms with Gasteiger partial charge in [-0.05, 0) is 35.9 Å². The van der Waals surface area contributed by atoms with Crippen LogP contribution in [-0.4, -0.2) is 29.1 Å². The van der Waals surface area contributed by atoms with Crippen LogP contribution in [0.15, 0.2) is 96.4 Å². The lowest BCUT2D eigenvalue weighted by molar-refractivity contribution is 0.824. The fraction of sp³-hybridized carbons (Fsp3) is 0.0385. The molecule has 0 aliphatic carbocycles. The number of rotatable bonds is 4. The highest BCUT2D eigenvalue weighted by Crippen LogP contribution is 2.30. The van der Waals surface area contributed by atoms with Crippen LogP contribution in [0.1, 0.15) is 5.56 Å². The number of aromatic nitrogens is 6. The standard InChI is InChI=1S/C26H17N7O/c1-27-22-11-13-28-15-24(22)33-26(34)21-17-31(23-6-3-2-5-20(23)25(21)30-33)16-18-7-9-19(10-8-18)32-14-4-12-29-32/h2-15,17H,16H2. The number of benzene rings is 2. The minimum absolute atomic E-state index is 0.276. The molecule has 0 fully saturated rings. The molecule has 6 rings (SSSR count). The molecule has 8 nitrogen and oxygen atoms in total. The minimum atomic E-state index is -0.276. The first-order chi connectivity index (χ1) is 16.7. The summed E-state index contributed by atoms with van der Waals surface area (Å²) in [6.07, 6.45) is 8.53. The third kappa shape index (κ3) is 3.15. The van der Waals surface area contributed by atoms with Crippen LogP contribution in [0.2, 0.25) is 0 Å². The SMILES string of the molecule is [C-]#[N+]c1ccncc1-n1nc2c3ccccc3n(Cc3ccc(-n4cccn4)cc3)cc-2c1=O. The zero-order valence-corrected chi connectivity index (χ0v) is 17.9. The van der Waals surface area contributed by atoms with E-state index in [4.69, 9.17) is 6.57 Å². The zero-order valence-electron chi connectivity index (χ0n) is 17.9. The van der Waals surface area contributed by atoms with E-state index in [9.17, 15) is 4.79 Å². The Morgan fingerprint density at radius 2 is 1.82 bits per heavy atom. The molecule has 0 saturated heterocycles. The second-order valence-electron chi connectivity index (χ2n) is 7.85. The van der Waals surface area contributed by atoms with Gasteiger partial charge in [0.2, 0.25) is 5.69 Å². The molecule has 2 aliphatic heterocycles. The summed E-state index contributed by atoms with van der Waals surface area (Å²) >= 11 is 0. The zero-order chi connectivity index (χ0) is 23.1. The number of nitrogens with zero attached hydrogens (tertiary/aromatic N) is 7. The molecule has 0 radical (unpaired) electrons. The van der Waals surface area contributed by atoms with E-state index in [1.807, 2.05) is 59.5 Å². The third-order valence-corrected chi connectivity index (χ3v) is 5.82. The predicted molar refractivity (Wildman–Crippen MR) is 129 cm³/mol. The molecule has 0 N–H and O–H groups in total. The average molecular weight is 443 g/mol. The van der Waals surface area contributed by atoms with Gasteiger partial charge in [0, 0.05) is 42.9 Å². The van der Waals surface area contributed by atoms with Gasteiger partial charge in [0.25, 0.3) is 5.56 Å². The van der Waals surface area contributed by atoms with Crippen molar-refractivity contribution in [2.24, 2.45) is 0 Å². The molecule has 162 valence electrons. The highest BCUT2D eigenvalue weighted by Gasteiger charge is 2.22. The van der Waals surface area contributed by atoms with Gasteiger partial charge in [-0.15, -0.1) is 0 Å². The monoisotopic (exact) mass is 443 g/mol. The van der Waals surface area contributed by atoms with Crippen LogP contribution in [-0.2, 0) is 6.54 Å². The molecule has 0 spiro atoms. The molecule has 4 heterocycles. The van der Waals surface area contributed by atoms with Gasteiger partial charge < -0.3 is 4.57 Å². The molecule has 2 aliphatic rings. The Balaban J connectivity index is 1.49. The number of hydrogen-bond acceptors (Lipinski definition) is 4. The predicted octanol–water partition coefficient (Wildman–Crippen LogP) is 4.47. The minimum Gasteiger partial charge on any atom is -0.342 e. The highest BCUT2D eigenvalue weighted by atomic mass is 16.1. The van der Waals surface area contributed by atoms with Crippen LogP contribution in [0.3, 0.4) is 0 Å². The summed E-state index contributed by atoms with van der Waals surface area (Å²) in [5, 5.41) is 9.75. The smallest absolute Gasteiger partial charge is 0.281 e. The van der Waals surface area contributed by atoms with Crippen molar-refractivity contribution in [3.8, 4) is 22.6 Å². The van der Waals surface area contributed by atoms with Gasteiger partial charge in [0.1, 0.15) is 5.69 Å². The van der Waals surface area contributed by atoms with Gasteiger partial charge in [0.15, 0.2) is 0 Å². The molecule has 4 aromatic rings. The van der Waals surface area contributed by atoms with Gasteiger partial charge in [-0.3, -0.25) is 9.78 Å². The van der Waals surface area contributed by atoms with Crippen molar-refractivity contribution in [2.45, 2.75) is 6.54 Å². The van der Waals surface area contributed by atoms with E-state index < -0.39 is 0 Å². The van der Waals surface area contributed by atoms with Gasteiger partial charge in [-0.1, -0.05) is 30.3 Å². The van der Waals surface area contributed by atoms with E-state index in [0.717, 1.165) is 22.2 Å². The molecule has 34 heavy (non-hydrogen) atoms. The quantitative estimate of drug-likeness (QED) is 0.377. The number of pyridine rings is 2. The Kier molecular flexibility index (Phi) is 4.52. The van der Waals surface area contributed by atoms with E-state index >= 15 is 0 Å². The normalized spacial score (nSPS) is 11.1. The van der Waals surface area contributed by atoms with Gasteiger partial charge in [-0.25, -0.2) is 14.2 Å². The first kappa shape index (κ1) is 19.6. The number of hydrogen-bond donors (Lipinski definition) is 0. The van der Waals surface area contributed by atoms with Crippen molar-refractivity contribution >= 4 is 16.6 Å². The lowest BCUT2D eigenvalue weighted by Gasteiger charge is -2.14. The Morgan fingerprint density at radius 1 is 0.971 bits per heavy atom. The maximum absolute atomic E-state index is 13.4. The molecule has 0 atom stereocenters. The molecule has 2 aromatic heterocycles. The molecule has 2 aromatic carbocycles. The van der Waals surface area contributed by atoms with Crippen LogP contribution in [0.25, 0.3) is 38.4 Å². The maximum Gasteiger partial charge on any atom is 0.281 e. The van der Waals surface area contributed by atoms with Gasteiger partial charge >= 0.3 is 0 Å². The summed E-state index contributed by atoms with van der Waals surface area (Å²) in [7, 11) is 0. The van der Waals surface area contributed by atoms with Crippen LogP contribution >= 0.6 is 0 Å². The Morgan fingerprint density at radius 3 is 2.62 bits per heavy atom. The maximum atomic E-state index is 13.4. The summed E-state index contributed by atoms with van der Waals surface area (Å²) < 4.78 is 5.15. The number of fused-ring (bicyclic) bond motifs is 3. The summed E-state index contributed by atoms with van der Waals surface area (Å²) in [6.45, 7) is 8.02.